The molecule has 0 saturated heterocycles. The zero-order chi connectivity index (χ0) is 12.7. The van der Waals surface area contributed by atoms with E-state index in [1.807, 2.05) is 12.1 Å². The van der Waals surface area contributed by atoms with Crippen LogP contribution in [0.25, 0.3) is 22.2 Å². The van der Waals surface area contributed by atoms with Gasteiger partial charge in [0.1, 0.15) is 11.3 Å². The molecule has 0 amide bonds. The van der Waals surface area contributed by atoms with E-state index in [4.69, 9.17) is 10.2 Å². The molecule has 0 fully saturated rings. The molecular weight excluding hydrogens is 248 g/mol. The molecule has 4 nitrogen and oxygen atoms in total. The molecule has 0 atom stereocenters. The summed E-state index contributed by atoms with van der Waals surface area (Å²) in [4.78, 5) is 16.6. The molecule has 3 aromatic rings. The first-order valence-corrected chi connectivity index (χ1v) is 6.28. The minimum Gasteiger partial charge on any atom is -0.460 e. The molecule has 0 bridgehead atoms. The molecule has 2 N–H and O–H groups in total. The normalized spacial score (nSPS) is 10.9. The molecule has 0 radical (unpaired) electrons. The number of benzene rings is 1. The van der Waals surface area contributed by atoms with Gasteiger partial charge in [-0.2, -0.15) is 0 Å². The van der Waals surface area contributed by atoms with E-state index in [1.165, 1.54) is 11.3 Å². The van der Waals surface area contributed by atoms with Crippen molar-refractivity contribution in [3.63, 3.8) is 0 Å². The zero-order valence-corrected chi connectivity index (χ0v) is 10.5. The number of fused-ring (bicyclic) bond motifs is 1. The fraction of sp³-hybridized carbons (Fsp3) is 0.0769. The second-order valence-corrected chi connectivity index (χ2v) is 4.82. The maximum atomic E-state index is 12.4. The van der Waals surface area contributed by atoms with Crippen LogP contribution in [-0.4, -0.2) is 4.98 Å². The van der Waals surface area contributed by atoms with Crippen molar-refractivity contribution in [2.75, 3.05) is 5.73 Å². The van der Waals surface area contributed by atoms with Crippen molar-refractivity contribution in [2.24, 2.45) is 0 Å². The highest BCUT2D eigenvalue weighted by Gasteiger charge is 2.15. The van der Waals surface area contributed by atoms with E-state index in [9.17, 15) is 4.79 Å². The number of nitrogens with zero attached hydrogens (tertiary/aromatic N) is 1. The fourth-order valence-electron chi connectivity index (χ4n) is 1.95. The molecule has 1 aromatic carbocycles. The highest BCUT2D eigenvalue weighted by Crippen LogP contribution is 2.25. The lowest BCUT2D eigenvalue weighted by Crippen LogP contribution is -2.07. The van der Waals surface area contributed by atoms with Crippen LogP contribution in [0.1, 0.15) is 5.76 Å². The van der Waals surface area contributed by atoms with Gasteiger partial charge in [0.15, 0.2) is 5.13 Å². The van der Waals surface area contributed by atoms with E-state index in [0.717, 1.165) is 0 Å². The Morgan fingerprint density at radius 3 is 2.83 bits per heavy atom. The molecule has 90 valence electrons. The van der Waals surface area contributed by atoms with Gasteiger partial charge in [0.25, 0.3) is 0 Å². The minimum atomic E-state index is -0.0698. The van der Waals surface area contributed by atoms with Gasteiger partial charge in [-0.25, -0.2) is 4.98 Å². The first kappa shape index (κ1) is 11.0. The molecule has 2 aromatic heterocycles. The summed E-state index contributed by atoms with van der Waals surface area (Å²) in [5.74, 6) is 0.559. The van der Waals surface area contributed by atoms with E-state index < -0.39 is 0 Å². The third-order valence-corrected chi connectivity index (χ3v) is 3.43. The van der Waals surface area contributed by atoms with Gasteiger partial charge in [0, 0.05) is 5.38 Å². The van der Waals surface area contributed by atoms with Gasteiger partial charge in [0.05, 0.1) is 16.6 Å². The Balaban J connectivity index is 2.40. The van der Waals surface area contributed by atoms with Gasteiger partial charge < -0.3 is 10.2 Å². The number of aromatic nitrogens is 1. The monoisotopic (exact) mass is 258 g/mol. The first-order chi connectivity index (χ1) is 8.66. The van der Waals surface area contributed by atoms with Crippen LogP contribution in [0, 0.1) is 6.92 Å². The van der Waals surface area contributed by atoms with Crippen LogP contribution < -0.4 is 11.2 Å². The maximum absolute atomic E-state index is 12.4. The van der Waals surface area contributed by atoms with Crippen LogP contribution in [0.2, 0.25) is 0 Å². The molecule has 5 heteroatoms. The van der Waals surface area contributed by atoms with Crippen molar-refractivity contribution >= 4 is 27.4 Å². The maximum Gasteiger partial charge on any atom is 0.202 e. The number of rotatable bonds is 1. The number of hydrogen-bond donors (Lipinski definition) is 1. The smallest absolute Gasteiger partial charge is 0.202 e. The summed E-state index contributed by atoms with van der Waals surface area (Å²) in [6, 6.07) is 7.18. The minimum absolute atomic E-state index is 0.0698. The number of hydrogen-bond acceptors (Lipinski definition) is 5. The molecular formula is C13H10N2O2S. The van der Waals surface area contributed by atoms with E-state index in [2.05, 4.69) is 4.98 Å². The third kappa shape index (κ3) is 1.60. The summed E-state index contributed by atoms with van der Waals surface area (Å²) in [6.45, 7) is 1.76. The van der Waals surface area contributed by atoms with Crippen molar-refractivity contribution in [3.05, 3.63) is 45.6 Å². The summed E-state index contributed by atoms with van der Waals surface area (Å²) >= 11 is 1.31. The summed E-state index contributed by atoms with van der Waals surface area (Å²) in [7, 11) is 0. The number of anilines is 1. The van der Waals surface area contributed by atoms with Crippen LogP contribution in [0.3, 0.4) is 0 Å². The lowest BCUT2D eigenvalue weighted by Gasteiger charge is -2.03. The van der Waals surface area contributed by atoms with Crippen molar-refractivity contribution in [1.29, 1.82) is 0 Å². The second-order valence-electron chi connectivity index (χ2n) is 3.93. The Labute approximate surface area is 107 Å². The SMILES string of the molecule is Cc1oc2ccccc2c(=O)c1-c1csc(N)n1. The molecule has 0 aliphatic heterocycles. The topological polar surface area (TPSA) is 69.1 Å². The summed E-state index contributed by atoms with van der Waals surface area (Å²) < 4.78 is 5.66. The second kappa shape index (κ2) is 3.96. The average molecular weight is 258 g/mol. The van der Waals surface area contributed by atoms with Crippen molar-refractivity contribution in [3.8, 4) is 11.3 Å². The Morgan fingerprint density at radius 1 is 1.33 bits per heavy atom. The molecule has 3 rings (SSSR count). The molecule has 0 spiro atoms. The lowest BCUT2D eigenvalue weighted by atomic mass is 10.1. The Morgan fingerprint density at radius 2 is 2.11 bits per heavy atom. The fourth-order valence-corrected chi connectivity index (χ4v) is 2.51. The van der Waals surface area contributed by atoms with Crippen LogP contribution in [0.15, 0.2) is 38.9 Å². The highest BCUT2D eigenvalue weighted by atomic mass is 32.1. The van der Waals surface area contributed by atoms with Crippen LogP contribution in [-0.2, 0) is 0 Å². The predicted molar refractivity (Wildman–Crippen MR) is 72.7 cm³/mol. The van der Waals surface area contributed by atoms with Gasteiger partial charge in [-0.3, -0.25) is 4.79 Å². The Kier molecular flexibility index (Phi) is 2.41. The summed E-state index contributed by atoms with van der Waals surface area (Å²) in [5.41, 5.74) is 7.19. The Hall–Kier alpha value is -2.14. The number of nitrogen functional groups attached to an aromatic ring is 1. The van der Waals surface area contributed by atoms with Crippen LogP contribution in [0.5, 0.6) is 0 Å². The number of nitrogens with two attached hydrogens (primary N) is 1. The van der Waals surface area contributed by atoms with E-state index in [-0.39, 0.29) is 5.43 Å². The molecule has 18 heavy (non-hydrogen) atoms. The van der Waals surface area contributed by atoms with E-state index in [1.54, 1.807) is 24.4 Å². The summed E-state index contributed by atoms with van der Waals surface area (Å²) in [5, 5.41) is 2.77. The van der Waals surface area contributed by atoms with Gasteiger partial charge in [-0.1, -0.05) is 12.1 Å². The average Bonchev–Trinajstić information content (AvgIpc) is 2.76. The predicted octanol–water partition coefficient (Wildman–Crippen LogP) is 2.81. The van der Waals surface area contributed by atoms with E-state index in [0.29, 0.717) is 33.1 Å². The van der Waals surface area contributed by atoms with Crippen LogP contribution >= 0.6 is 11.3 Å². The molecule has 2 heterocycles. The molecule has 0 saturated carbocycles. The van der Waals surface area contributed by atoms with Gasteiger partial charge in [-0.05, 0) is 19.1 Å². The number of para-hydroxylation sites is 1. The third-order valence-electron chi connectivity index (χ3n) is 2.75. The standard InChI is InChI=1S/C13H10N2O2S/c1-7-11(9-6-18-13(14)15-9)12(16)8-4-2-3-5-10(8)17-7/h2-6H,1H3,(H2,14,15). The molecule has 0 aliphatic rings. The highest BCUT2D eigenvalue weighted by molar-refractivity contribution is 7.13. The van der Waals surface area contributed by atoms with Crippen molar-refractivity contribution in [1.82, 2.24) is 4.98 Å². The first-order valence-electron chi connectivity index (χ1n) is 5.40. The van der Waals surface area contributed by atoms with Gasteiger partial charge >= 0.3 is 0 Å². The summed E-state index contributed by atoms with van der Waals surface area (Å²) in [6.07, 6.45) is 0. The van der Waals surface area contributed by atoms with E-state index >= 15 is 0 Å². The van der Waals surface area contributed by atoms with Gasteiger partial charge in [0.2, 0.25) is 5.43 Å². The van der Waals surface area contributed by atoms with Crippen molar-refractivity contribution < 1.29 is 4.42 Å². The lowest BCUT2D eigenvalue weighted by molar-refractivity contribution is 0.567. The van der Waals surface area contributed by atoms with Crippen LogP contribution in [0.4, 0.5) is 5.13 Å². The quantitative estimate of drug-likeness (QED) is 0.728. The van der Waals surface area contributed by atoms with Crippen molar-refractivity contribution in [2.45, 2.75) is 6.92 Å². The largest absolute Gasteiger partial charge is 0.460 e. The number of thiazole rings is 1. The molecule has 0 aliphatic carbocycles. The Bertz CT molecular complexity index is 789. The number of aryl methyl sites for hydroxylation is 1. The van der Waals surface area contributed by atoms with Gasteiger partial charge in [-0.15, -0.1) is 11.3 Å². The zero-order valence-electron chi connectivity index (χ0n) is 9.64. The molecule has 0 unspecified atom stereocenters.